The topological polar surface area (TPSA) is 49.4 Å². The Hall–Kier alpha value is 0.160. The van der Waals surface area contributed by atoms with Crippen molar-refractivity contribution in [3.63, 3.8) is 0 Å². The number of alkyl halides is 1. The van der Waals surface area contributed by atoms with Crippen molar-refractivity contribution in [3.8, 4) is 0 Å². The molecule has 6 heteroatoms. The van der Waals surface area contributed by atoms with E-state index in [0.29, 0.717) is 6.54 Å². The van der Waals surface area contributed by atoms with Crippen LogP contribution in [0.15, 0.2) is 0 Å². The van der Waals surface area contributed by atoms with E-state index >= 15 is 0 Å². The summed E-state index contributed by atoms with van der Waals surface area (Å²) in [6.45, 7) is 0.499. The summed E-state index contributed by atoms with van der Waals surface area (Å²) >= 11 is 5.45. The minimum atomic E-state index is -3.20. The summed E-state index contributed by atoms with van der Waals surface area (Å²) in [7, 11) is 0.831. The Morgan fingerprint density at radius 1 is 1.31 bits per heavy atom. The van der Waals surface area contributed by atoms with Gasteiger partial charge < -0.3 is 4.90 Å². The molecule has 0 heterocycles. The molecule has 0 atom stereocenters. The van der Waals surface area contributed by atoms with Gasteiger partial charge >= 0.3 is 0 Å². The van der Waals surface area contributed by atoms with Gasteiger partial charge in [-0.2, -0.15) is 0 Å². The minimum absolute atomic E-state index is 0.000612. The van der Waals surface area contributed by atoms with E-state index < -0.39 is 10.0 Å². The van der Waals surface area contributed by atoms with Crippen LogP contribution in [0.25, 0.3) is 0 Å². The molecular formula is C10H21ClN2O2S. The number of nitrogens with zero attached hydrogens (tertiary/aromatic N) is 1. The van der Waals surface area contributed by atoms with E-state index in [1.165, 1.54) is 12.8 Å². The first-order valence-electron chi connectivity index (χ1n) is 5.63. The van der Waals surface area contributed by atoms with Crippen molar-refractivity contribution >= 4 is 21.6 Å². The molecule has 1 fully saturated rings. The van der Waals surface area contributed by atoms with Gasteiger partial charge in [-0.15, -0.1) is 11.6 Å². The number of halogens is 1. The van der Waals surface area contributed by atoms with E-state index in [4.69, 9.17) is 11.6 Å². The van der Waals surface area contributed by atoms with Crippen LogP contribution in [-0.2, 0) is 10.0 Å². The first kappa shape index (κ1) is 14.2. The average Bonchev–Trinajstić information content (AvgIpc) is 2.64. The Balaban J connectivity index is 2.58. The lowest BCUT2D eigenvalue weighted by Gasteiger charge is -2.36. The summed E-state index contributed by atoms with van der Waals surface area (Å²) in [6, 6.07) is 0. The maximum Gasteiger partial charge on any atom is 0.212 e. The third-order valence-electron chi connectivity index (χ3n) is 3.45. The molecule has 1 aliphatic rings. The zero-order valence-electron chi connectivity index (χ0n) is 10.00. The van der Waals surface area contributed by atoms with Gasteiger partial charge in [0.25, 0.3) is 0 Å². The first-order valence-corrected chi connectivity index (χ1v) is 7.81. The highest BCUT2D eigenvalue weighted by Crippen LogP contribution is 2.33. The Morgan fingerprint density at radius 3 is 2.31 bits per heavy atom. The molecule has 16 heavy (non-hydrogen) atoms. The van der Waals surface area contributed by atoms with Gasteiger partial charge in [0.1, 0.15) is 0 Å². The van der Waals surface area contributed by atoms with Gasteiger partial charge in [-0.25, -0.2) is 13.1 Å². The lowest BCUT2D eigenvalue weighted by Crippen LogP contribution is -2.51. The van der Waals surface area contributed by atoms with Crippen LogP contribution in [0.2, 0.25) is 0 Å². The van der Waals surface area contributed by atoms with Crippen molar-refractivity contribution in [3.05, 3.63) is 0 Å². The van der Waals surface area contributed by atoms with E-state index in [-0.39, 0.29) is 17.2 Å². The fourth-order valence-electron chi connectivity index (χ4n) is 2.23. The van der Waals surface area contributed by atoms with Crippen LogP contribution >= 0.6 is 11.6 Å². The van der Waals surface area contributed by atoms with Gasteiger partial charge in [0.05, 0.1) is 5.75 Å². The Labute approximate surface area is 103 Å². The summed E-state index contributed by atoms with van der Waals surface area (Å²) in [6.07, 6.45) is 4.47. The standard InChI is InChI=1S/C10H21ClN2O2S/c1-13(2)10(5-3-4-6-10)9-12-16(14,15)8-7-11/h12H,3-9H2,1-2H3. The van der Waals surface area contributed by atoms with Gasteiger partial charge in [-0.3, -0.25) is 0 Å². The maximum atomic E-state index is 11.5. The quantitative estimate of drug-likeness (QED) is 0.732. The van der Waals surface area contributed by atoms with Gasteiger partial charge in [0.15, 0.2) is 0 Å². The van der Waals surface area contributed by atoms with Crippen molar-refractivity contribution in [2.45, 2.75) is 31.2 Å². The zero-order valence-corrected chi connectivity index (χ0v) is 11.6. The number of hydrogen-bond acceptors (Lipinski definition) is 3. The maximum absolute atomic E-state index is 11.5. The van der Waals surface area contributed by atoms with E-state index in [1.807, 2.05) is 14.1 Å². The molecule has 1 aliphatic carbocycles. The predicted octanol–water partition coefficient (Wildman–Crippen LogP) is 1.02. The molecule has 0 saturated heterocycles. The van der Waals surface area contributed by atoms with Crippen molar-refractivity contribution in [1.82, 2.24) is 9.62 Å². The third kappa shape index (κ3) is 3.58. The molecule has 0 aromatic rings. The molecule has 0 aromatic heterocycles. The summed E-state index contributed by atoms with van der Waals surface area (Å²) in [4.78, 5) is 2.14. The summed E-state index contributed by atoms with van der Waals surface area (Å²) in [5.41, 5.74) is -0.000612. The van der Waals surface area contributed by atoms with Gasteiger partial charge in [0.2, 0.25) is 10.0 Å². The van der Waals surface area contributed by atoms with Crippen LogP contribution in [0.4, 0.5) is 0 Å². The number of likely N-dealkylation sites (N-methyl/N-ethyl adjacent to an activating group) is 1. The second-order valence-electron chi connectivity index (χ2n) is 4.65. The van der Waals surface area contributed by atoms with Crippen LogP contribution in [0.3, 0.4) is 0 Å². The Bertz CT molecular complexity index is 311. The van der Waals surface area contributed by atoms with Gasteiger partial charge in [-0.05, 0) is 26.9 Å². The Kier molecular flexibility index (Phi) is 5.04. The third-order valence-corrected chi connectivity index (χ3v) is 5.19. The van der Waals surface area contributed by atoms with Crippen molar-refractivity contribution < 1.29 is 8.42 Å². The second kappa shape index (κ2) is 5.67. The molecule has 1 saturated carbocycles. The molecule has 0 amide bonds. The molecule has 4 nitrogen and oxygen atoms in total. The van der Waals surface area contributed by atoms with Gasteiger partial charge in [-0.1, -0.05) is 12.8 Å². The van der Waals surface area contributed by atoms with E-state index in [9.17, 15) is 8.42 Å². The van der Waals surface area contributed by atoms with Crippen molar-refractivity contribution in [2.75, 3.05) is 32.3 Å². The normalized spacial score (nSPS) is 20.5. The van der Waals surface area contributed by atoms with Crippen LogP contribution in [0.5, 0.6) is 0 Å². The van der Waals surface area contributed by atoms with E-state index in [1.54, 1.807) is 0 Å². The summed E-state index contributed by atoms with van der Waals surface area (Å²) < 4.78 is 25.7. The SMILES string of the molecule is CN(C)C1(CNS(=O)(=O)CCCl)CCCC1. The number of nitrogens with one attached hydrogen (secondary N) is 1. The zero-order chi connectivity index (χ0) is 12.2. The average molecular weight is 269 g/mol. The highest BCUT2D eigenvalue weighted by molar-refractivity contribution is 7.89. The Morgan fingerprint density at radius 2 is 1.88 bits per heavy atom. The second-order valence-corrected chi connectivity index (χ2v) is 6.96. The van der Waals surface area contributed by atoms with Gasteiger partial charge in [0, 0.05) is 18.0 Å². The molecule has 96 valence electrons. The lowest BCUT2D eigenvalue weighted by molar-refractivity contribution is 0.162. The van der Waals surface area contributed by atoms with Crippen LogP contribution in [-0.4, -0.2) is 51.1 Å². The minimum Gasteiger partial charge on any atom is -0.302 e. The molecule has 1 N–H and O–H groups in total. The molecule has 0 radical (unpaired) electrons. The fourth-order valence-corrected chi connectivity index (χ4v) is 3.68. The van der Waals surface area contributed by atoms with Crippen LogP contribution in [0, 0.1) is 0 Å². The lowest BCUT2D eigenvalue weighted by atomic mass is 9.97. The molecule has 0 spiro atoms. The van der Waals surface area contributed by atoms with Crippen LogP contribution < -0.4 is 4.72 Å². The number of hydrogen-bond donors (Lipinski definition) is 1. The molecule has 0 bridgehead atoms. The van der Waals surface area contributed by atoms with E-state index in [2.05, 4.69) is 9.62 Å². The summed E-state index contributed by atoms with van der Waals surface area (Å²) in [5, 5.41) is 0. The molecule has 0 unspecified atom stereocenters. The first-order chi connectivity index (χ1) is 7.42. The number of rotatable bonds is 6. The molecule has 0 aromatic carbocycles. The number of sulfonamides is 1. The van der Waals surface area contributed by atoms with Crippen LogP contribution in [0.1, 0.15) is 25.7 Å². The van der Waals surface area contributed by atoms with Crippen molar-refractivity contribution in [1.29, 1.82) is 0 Å². The van der Waals surface area contributed by atoms with Crippen molar-refractivity contribution in [2.24, 2.45) is 0 Å². The summed E-state index contributed by atoms with van der Waals surface area (Å²) in [5.74, 6) is 0.141. The van der Waals surface area contributed by atoms with E-state index in [0.717, 1.165) is 12.8 Å². The predicted molar refractivity (Wildman–Crippen MR) is 67.4 cm³/mol. The highest BCUT2D eigenvalue weighted by atomic mass is 35.5. The smallest absolute Gasteiger partial charge is 0.212 e. The monoisotopic (exact) mass is 268 g/mol. The fraction of sp³-hybridized carbons (Fsp3) is 1.00. The largest absolute Gasteiger partial charge is 0.302 e. The molecule has 0 aliphatic heterocycles. The molecular weight excluding hydrogens is 248 g/mol. The highest BCUT2D eigenvalue weighted by Gasteiger charge is 2.36. The molecule has 1 rings (SSSR count).